The van der Waals surface area contributed by atoms with Gasteiger partial charge in [-0.3, -0.25) is 48.1 Å². The minimum absolute atomic E-state index is 0.00220. The highest BCUT2D eigenvalue weighted by molar-refractivity contribution is 6.13. The Labute approximate surface area is 720 Å². The number of nitrogens with one attached hydrogen (secondary N) is 6. The quantitative estimate of drug-likeness (QED) is 0.0208. The van der Waals surface area contributed by atoms with Crippen molar-refractivity contribution < 1.29 is 110 Å². The van der Waals surface area contributed by atoms with Gasteiger partial charge in [0.15, 0.2) is 0 Å². The van der Waals surface area contributed by atoms with Crippen LogP contribution in [0.3, 0.4) is 0 Å². The van der Waals surface area contributed by atoms with E-state index in [-0.39, 0.29) is 144 Å². The van der Waals surface area contributed by atoms with E-state index in [1.165, 1.54) is 12.2 Å². The fourth-order valence-corrected chi connectivity index (χ4v) is 13.0. The number of aliphatic hydroxyl groups is 2. The Morgan fingerprint density at radius 3 is 0.883 bits per heavy atom. The number of carbonyl (C=O) groups excluding carboxylic acids is 9. The van der Waals surface area contributed by atoms with E-state index in [2.05, 4.69) is 31.9 Å². The second kappa shape index (κ2) is 55.2. The molecular weight excluding hydrogens is 1550 g/mol. The fraction of sp³-hybridized carbons (Fsp3) is 0.876. The lowest BCUT2D eigenvalue weighted by atomic mass is 9.74. The van der Waals surface area contributed by atoms with Gasteiger partial charge in [0.1, 0.15) is 0 Å². The number of rotatable bonds is 73. The van der Waals surface area contributed by atoms with E-state index in [9.17, 15) is 53.4 Å². The number of hydrogen-bond donors (Lipinski definition) is 8. The van der Waals surface area contributed by atoms with E-state index in [1.807, 2.05) is 166 Å². The molecule has 0 spiro atoms. The molecule has 0 aliphatic carbocycles. The van der Waals surface area contributed by atoms with Gasteiger partial charge < -0.3 is 104 Å². The molecule has 0 radical (unpaired) electrons. The van der Waals surface area contributed by atoms with Gasteiger partial charge >= 0.3 is 0 Å². The van der Waals surface area contributed by atoms with Crippen LogP contribution in [0.25, 0.3) is 0 Å². The molecule has 0 unspecified atom stereocenters. The molecule has 0 saturated heterocycles. The first-order chi connectivity index (χ1) is 55.5. The Hall–Kier alpha value is -5.39. The Balaban J connectivity index is 2.24. The van der Waals surface area contributed by atoms with Crippen molar-refractivity contribution in [2.75, 3.05) is 178 Å². The highest BCUT2D eigenvalue weighted by Crippen LogP contribution is 2.36. The summed E-state index contributed by atoms with van der Waals surface area (Å²) in [6.07, 6.45) is 8.88. The summed E-state index contributed by atoms with van der Waals surface area (Å²) in [6, 6.07) is 0. The molecule has 1 heterocycles. The molecule has 1 aliphatic heterocycles. The predicted molar refractivity (Wildman–Crippen MR) is 463 cm³/mol. The largest absolute Gasteiger partial charge is 0.396 e. The minimum Gasteiger partial charge on any atom is -0.396 e. The predicted octanol–water partition coefficient (Wildman–Crippen LogP) is 8.81. The van der Waals surface area contributed by atoms with Gasteiger partial charge in [0.2, 0.25) is 41.4 Å². The maximum Gasteiger partial charge on any atom is 0.253 e. The Bertz CT molecular complexity index is 2850. The van der Waals surface area contributed by atoms with Gasteiger partial charge in [-0.2, -0.15) is 0 Å². The average Bonchev–Trinajstić information content (AvgIpc) is 1.02. The van der Waals surface area contributed by atoms with Crippen LogP contribution in [0.1, 0.15) is 262 Å². The molecule has 8 N–H and O–H groups in total. The van der Waals surface area contributed by atoms with Crippen molar-refractivity contribution in [1.29, 1.82) is 0 Å². The molecular formula is C89H166N8O23. The van der Waals surface area contributed by atoms with Crippen molar-refractivity contribution in [3.63, 3.8) is 0 Å². The zero-order chi connectivity index (χ0) is 91.2. The third-order valence-corrected chi connectivity index (χ3v) is 20.7. The van der Waals surface area contributed by atoms with Crippen LogP contribution in [-0.4, -0.2) is 296 Å². The highest BCUT2D eigenvalue weighted by atomic mass is 16.6. The summed E-state index contributed by atoms with van der Waals surface area (Å²) in [4.78, 5) is 118. The van der Waals surface area contributed by atoms with Crippen LogP contribution in [0.5, 0.6) is 0 Å². The smallest absolute Gasteiger partial charge is 0.253 e. The number of nitrogens with zero attached hydrogens (tertiary/aromatic N) is 2. The van der Waals surface area contributed by atoms with Crippen LogP contribution in [0.2, 0.25) is 0 Å². The molecule has 31 heteroatoms. The Morgan fingerprint density at radius 1 is 0.325 bits per heavy atom. The maximum absolute atomic E-state index is 13.3. The van der Waals surface area contributed by atoms with E-state index in [0.717, 1.165) is 4.90 Å². The zero-order valence-corrected chi connectivity index (χ0v) is 78.7. The Kier molecular flexibility index (Phi) is 51.8. The van der Waals surface area contributed by atoms with Gasteiger partial charge in [-0.05, 0) is 186 Å². The minimum atomic E-state index is -0.648. The van der Waals surface area contributed by atoms with E-state index in [1.54, 1.807) is 4.90 Å². The number of aliphatic hydroxyl groups excluding tert-OH is 2. The molecule has 0 fully saturated rings. The highest BCUT2D eigenvalue weighted by Gasteiger charge is 2.40. The lowest BCUT2D eigenvalue weighted by molar-refractivity contribution is -0.139. The fourth-order valence-electron chi connectivity index (χ4n) is 13.0. The molecule has 0 saturated carbocycles. The summed E-state index contributed by atoms with van der Waals surface area (Å²) in [6.45, 7) is 54.2. The molecule has 31 nitrogen and oxygen atoms in total. The van der Waals surface area contributed by atoms with Crippen LogP contribution < -0.4 is 31.9 Å². The van der Waals surface area contributed by atoms with Gasteiger partial charge in [-0.15, -0.1) is 0 Å². The van der Waals surface area contributed by atoms with Crippen molar-refractivity contribution in [2.24, 2.45) is 21.7 Å². The average molecular weight is 1720 g/mol. The molecule has 0 aromatic heterocycles. The topological polar surface area (TPSA) is 384 Å². The molecule has 0 aromatic rings. The summed E-state index contributed by atoms with van der Waals surface area (Å²) < 4.78 is 70.1. The third kappa shape index (κ3) is 55.8. The molecule has 1 aliphatic rings. The van der Waals surface area contributed by atoms with E-state index >= 15 is 0 Å². The summed E-state index contributed by atoms with van der Waals surface area (Å²) in [5, 5.41) is 37.9. The standard InChI is InChI=1S/C89H166N8O23/c1-78(2,67-98)65-80(5,6)76(107)94-84(13,14)38-49-119-88(21,22)34-40-90-69(100)27-32-86(17,18)117-47-36-82(9,10)92-71(102)30-45-109-53-57-113-61-63-115-59-55-111-51-43-96(73(104)29-42-97-74(105)25-26-75(97)106)44-52-112-56-60-116-64-62-114-58-54-110-46-31-72(103)93-83(11,12)37-48-118-87(19,20)33-28-70(101)91-41-35-89(23,24)120-50-39-85(15,16)95-77(108)81(7,8)66-79(3,4)68-99/h25-26,98-99H,27-68H2,1-24H3,(H,90,100)(H,91,101)(H,92,102)(H,93,103)(H,94,107)(H,95,108). The SMILES string of the molecule is CC(C)(CO)CC(C)(C)C(=O)NC(C)(C)CCOC(C)(C)CCNC(=O)CCC(C)(C)OCCC(C)(C)NC(=O)CCOCCOCCOCCOCCN(CCOCCOCCOCCOCCC(=O)NC(C)(C)CCOC(C)(C)CCC(=O)NCCC(C)(C)OCCC(C)(C)NC(=O)C(C)(C)CC(C)(C)CO)C(=O)CCN1C(=O)C=CC1=O. The van der Waals surface area contributed by atoms with Crippen molar-refractivity contribution in [3.05, 3.63) is 12.2 Å². The summed E-state index contributed by atoms with van der Waals surface area (Å²) in [5.74, 6) is -1.76. The number of imide groups is 1. The summed E-state index contributed by atoms with van der Waals surface area (Å²) in [5.41, 5.74) is -6.24. The number of hydrogen-bond acceptors (Lipinski definition) is 23. The van der Waals surface area contributed by atoms with Crippen molar-refractivity contribution in [3.8, 4) is 0 Å². The normalized spacial score (nSPS) is 13.8. The van der Waals surface area contributed by atoms with Crippen LogP contribution >= 0.6 is 0 Å². The lowest BCUT2D eigenvalue weighted by Gasteiger charge is -2.36. The molecule has 0 atom stereocenters. The molecule has 0 aromatic carbocycles. The molecule has 120 heavy (non-hydrogen) atoms. The first-order valence-electron chi connectivity index (χ1n) is 43.5. The maximum atomic E-state index is 13.3. The number of ether oxygens (including phenoxy) is 12. The molecule has 700 valence electrons. The van der Waals surface area contributed by atoms with Crippen LogP contribution in [0.4, 0.5) is 0 Å². The van der Waals surface area contributed by atoms with Gasteiger partial charge in [0, 0.05) is 150 Å². The monoisotopic (exact) mass is 1720 g/mol. The van der Waals surface area contributed by atoms with Crippen molar-refractivity contribution >= 4 is 53.2 Å². The first kappa shape index (κ1) is 113. The summed E-state index contributed by atoms with van der Waals surface area (Å²) >= 11 is 0. The van der Waals surface area contributed by atoms with Crippen molar-refractivity contribution in [2.45, 2.75) is 307 Å². The number of carbonyl (C=O) groups is 9. The van der Waals surface area contributed by atoms with Crippen LogP contribution in [0.15, 0.2) is 12.2 Å². The number of amides is 9. The summed E-state index contributed by atoms with van der Waals surface area (Å²) in [7, 11) is 0. The molecule has 0 bridgehead atoms. The van der Waals surface area contributed by atoms with Gasteiger partial charge in [0.25, 0.3) is 11.8 Å². The second-order valence-corrected chi connectivity index (χ2v) is 39.6. The Morgan fingerprint density at radius 2 is 0.592 bits per heavy atom. The lowest BCUT2D eigenvalue weighted by Crippen LogP contribution is -2.50. The van der Waals surface area contributed by atoms with Gasteiger partial charge in [0.05, 0.1) is 128 Å². The van der Waals surface area contributed by atoms with Crippen LogP contribution in [0, 0.1) is 21.7 Å². The van der Waals surface area contributed by atoms with E-state index in [0.29, 0.717) is 183 Å². The van der Waals surface area contributed by atoms with E-state index in [4.69, 9.17) is 56.8 Å². The second-order valence-electron chi connectivity index (χ2n) is 39.6. The van der Waals surface area contributed by atoms with Gasteiger partial charge in [-0.25, -0.2) is 0 Å². The van der Waals surface area contributed by atoms with E-state index < -0.39 is 67.2 Å². The molecule has 1 rings (SSSR count). The molecule has 9 amide bonds. The van der Waals surface area contributed by atoms with Crippen LogP contribution in [-0.2, 0) is 100.0 Å². The van der Waals surface area contributed by atoms with Gasteiger partial charge in [-0.1, -0.05) is 55.4 Å². The first-order valence-corrected chi connectivity index (χ1v) is 43.5. The van der Waals surface area contributed by atoms with Crippen molar-refractivity contribution in [1.82, 2.24) is 41.7 Å². The third-order valence-electron chi connectivity index (χ3n) is 20.7. The zero-order valence-electron chi connectivity index (χ0n) is 78.7.